The summed E-state index contributed by atoms with van der Waals surface area (Å²) >= 11 is 0. The fraction of sp³-hybridized carbons (Fsp3) is 1.00. The average Bonchev–Trinajstić information content (AvgIpc) is 2.11. The Hall–Kier alpha value is -0.0800. The van der Waals surface area contributed by atoms with Crippen LogP contribution in [-0.4, -0.2) is 25.3 Å². The molecule has 2 heteroatoms. The van der Waals surface area contributed by atoms with Crippen molar-refractivity contribution in [1.29, 1.82) is 0 Å². The van der Waals surface area contributed by atoms with Crippen LogP contribution < -0.4 is 5.32 Å². The molecule has 3 aliphatic carbocycles. The molecule has 80 valence electrons. The Balaban J connectivity index is 1.63. The zero-order valence-electron chi connectivity index (χ0n) is 9.25. The van der Waals surface area contributed by atoms with E-state index in [-0.39, 0.29) is 0 Å². The highest BCUT2D eigenvalue weighted by Crippen LogP contribution is 2.59. The Morgan fingerprint density at radius 1 is 1.21 bits per heavy atom. The van der Waals surface area contributed by atoms with Gasteiger partial charge in [0.05, 0.1) is 12.2 Å². The number of rotatable bonds is 2. The Morgan fingerprint density at radius 3 is 2.50 bits per heavy atom. The fourth-order valence-corrected chi connectivity index (χ4v) is 3.51. The van der Waals surface area contributed by atoms with Crippen LogP contribution in [0.5, 0.6) is 0 Å². The minimum absolute atomic E-state index is 0.521. The predicted molar refractivity (Wildman–Crippen MR) is 56.1 cm³/mol. The summed E-state index contributed by atoms with van der Waals surface area (Å²) in [4.78, 5) is 0. The van der Waals surface area contributed by atoms with Gasteiger partial charge in [-0.25, -0.2) is 0 Å². The quantitative estimate of drug-likeness (QED) is 0.725. The maximum atomic E-state index is 6.15. The van der Waals surface area contributed by atoms with Gasteiger partial charge in [-0.05, 0) is 36.5 Å². The van der Waals surface area contributed by atoms with Crippen molar-refractivity contribution in [2.45, 2.75) is 45.3 Å². The molecule has 0 aromatic heterocycles. The summed E-state index contributed by atoms with van der Waals surface area (Å²) in [6, 6.07) is 0. The van der Waals surface area contributed by atoms with Crippen LogP contribution in [0.3, 0.4) is 0 Å². The lowest BCUT2D eigenvalue weighted by molar-refractivity contribution is -0.185. The lowest BCUT2D eigenvalue weighted by Crippen LogP contribution is -2.58. The van der Waals surface area contributed by atoms with E-state index in [1.54, 1.807) is 0 Å². The summed E-state index contributed by atoms with van der Waals surface area (Å²) < 4.78 is 6.15. The highest BCUT2D eigenvalue weighted by Gasteiger charge is 2.55. The summed E-state index contributed by atoms with van der Waals surface area (Å²) in [6.07, 6.45) is 5.23. The average molecular weight is 195 g/mol. The highest BCUT2D eigenvalue weighted by molar-refractivity contribution is 5.04. The van der Waals surface area contributed by atoms with Gasteiger partial charge in [-0.2, -0.15) is 0 Å². The molecule has 0 amide bonds. The summed E-state index contributed by atoms with van der Waals surface area (Å²) in [6.45, 7) is 7.01. The van der Waals surface area contributed by atoms with Crippen molar-refractivity contribution in [2.24, 2.45) is 17.3 Å². The van der Waals surface area contributed by atoms with E-state index >= 15 is 0 Å². The number of fused-ring (bicyclic) bond motifs is 2. The monoisotopic (exact) mass is 195 g/mol. The zero-order chi connectivity index (χ0) is 9.76. The molecule has 1 N–H and O–H groups in total. The third kappa shape index (κ3) is 1.17. The molecule has 1 heterocycles. The molecular formula is C12H21NO. The lowest BCUT2D eigenvalue weighted by atomic mass is 9.48. The topological polar surface area (TPSA) is 21.3 Å². The van der Waals surface area contributed by atoms with Crippen LogP contribution in [0.2, 0.25) is 0 Å². The Morgan fingerprint density at radius 2 is 2.00 bits per heavy atom. The second kappa shape index (κ2) is 2.96. The van der Waals surface area contributed by atoms with E-state index in [4.69, 9.17) is 4.74 Å². The Bertz CT molecular complexity index is 232. The maximum absolute atomic E-state index is 6.15. The van der Waals surface area contributed by atoms with Crippen molar-refractivity contribution >= 4 is 0 Å². The van der Waals surface area contributed by atoms with E-state index in [2.05, 4.69) is 19.2 Å². The molecule has 3 atom stereocenters. The van der Waals surface area contributed by atoms with Crippen LogP contribution in [-0.2, 0) is 4.74 Å². The SMILES string of the molecule is CC1(C)C2CCC(OC3CNC3)C1C2. The number of hydrogen-bond donors (Lipinski definition) is 1. The molecule has 2 nitrogen and oxygen atoms in total. The van der Waals surface area contributed by atoms with Crippen LogP contribution in [0.4, 0.5) is 0 Å². The lowest BCUT2D eigenvalue weighted by Gasteiger charge is -2.60. The van der Waals surface area contributed by atoms with Crippen molar-refractivity contribution in [1.82, 2.24) is 5.32 Å². The predicted octanol–water partition coefficient (Wildman–Crippen LogP) is 1.80. The van der Waals surface area contributed by atoms with Crippen LogP contribution in [0.1, 0.15) is 33.1 Å². The van der Waals surface area contributed by atoms with Crippen molar-refractivity contribution in [3.05, 3.63) is 0 Å². The van der Waals surface area contributed by atoms with E-state index in [0.29, 0.717) is 17.6 Å². The van der Waals surface area contributed by atoms with Crippen molar-refractivity contribution in [3.8, 4) is 0 Å². The largest absolute Gasteiger partial charge is 0.372 e. The molecule has 4 aliphatic rings. The second-order valence-electron chi connectivity index (χ2n) is 5.89. The Kier molecular flexibility index (Phi) is 1.94. The van der Waals surface area contributed by atoms with Gasteiger partial charge in [0.2, 0.25) is 0 Å². The minimum Gasteiger partial charge on any atom is -0.372 e. The molecule has 1 aliphatic heterocycles. The van der Waals surface area contributed by atoms with E-state index in [0.717, 1.165) is 24.9 Å². The van der Waals surface area contributed by atoms with Gasteiger partial charge in [0.1, 0.15) is 0 Å². The molecule has 2 bridgehead atoms. The molecule has 4 rings (SSSR count). The van der Waals surface area contributed by atoms with E-state index in [1.807, 2.05) is 0 Å². The first kappa shape index (κ1) is 9.17. The molecule has 0 radical (unpaired) electrons. The van der Waals surface area contributed by atoms with E-state index in [9.17, 15) is 0 Å². The van der Waals surface area contributed by atoms with Crippen molar-refractivity contribution in [2.75, 3.05) is 13.1 Å². The first-order chi connectivity index (χ1) is 6.68. The third-order valence-corrected chi connectivity index (χ3v) is 4.91. The standard InChI is InChI=1S/C12H21NO/c1-12(2)8-3-4-11(10(12)5-8)14-9-6-13-7-9/h8-11,13H,3-7H2,1-2H3. The third-order valence-electron chi connectivity index (χ3n) is 4.91. The van der Waals surface area contributed by atoms with E-state index in [1.165, 1.54) is 19.3 Å². The van der Waals surface area contributed by atoms with Crippen molar-refractivity contribution in [3.63, 3.8) is 0 Å². The molecule has 3 unspecified atom stereocenters. The van der Waals surface area contributed by atoms with Crippen LogP contribution in [0, 0.1) is 17.3 Å². The van der Waals surface area contributed by atoms with Gasteiger partial charge in [0.15, 0.2) is 0 Å². The van der Waals surface area contributed by atoms with Gasteiger partial charge in [-0.15, -0.1) is 0 Å². The van der Waals surface area contributed by atoms with Gasteiger partial charge < -0.3 is 10.1 Å². The second-order valence-corrected chi connectivity index (χ2v) is 5.89. The maximum Gasteiger partial charge on any atom is 0.0827 e. The first-order valence-corrected chi connectivity index (χ1v) is 6.04. The molecular weight excluding hydrogens is 174 g/mol. The fourth-order valence-electron chi connectivity index (χ4n) is 3.51. The summed E-state index contributed by atoms with van der Waals surface area (Å²) in [5.74, 6) is 1.84. The highest BCUT2D eigenvalue weighted by atomic mass is 16.5. The first-order valence-electron chi connectivity index (χ1n) is 6.04. The molecule has 1 saturated heterocycles. The molecule has 14 heavy (non-hydrogen) atoms. The minimum atomic E-state index is 0.521. The molecule has 0 aromatic carbocycles. The smallest absolute Gasteiger partial charge is 0.0827 e. The number of nitrogens with one attached hydrogen (secondary N) is 1. The van der Waals surface area contributed by atoms with Gasteiger partial charge in [-0.3, -0.25) is 0 Å². The van der Waals surface area contributed by atoms with Gasteiger partial charge in [0, 0.05) is 13.1 Å². The van der Waals surface area contributed by atoms with Gasteiger partial charge in [-0.1, -0.05) is 13.8 Å². The molecule has 4 fully saturated rings. The van der Waals surface area contributed by atoms with Gasteiger partial charge in [0.25, 0.3) is 0 Å². The van der Waals surface area contributed by atoms with E-state index < -0.39 is 0 Å². The number of hydrogen-bond acceptors (Lipinski definition) is 2. The molecule has 0 aromatic rings. The Labute approximate surface area is 86.4 Å². The normalized spacial score (nSPS) is 45.4. The van der Waals surface area contributed by atoms with Crippen LogP contribution >= 0.6 is 0 Å². The van der Waals surface area contributed by atoms with Crippen molar-refractivity contribution < 1.29 is 4.74 Å². The van der Waals surface area contributed by atoms with Crippen LogP contribution in [0.25, 0.3) is 0 Å². The summed E-state index contributed by atoms with van der Waals surface area (Å²) in [5, 5.41) is 3.27. The summed E-state index contributed by atoms with van der Waals surface area (Å²) in [7, 11) is 0. The van der Waals surface area contributed by atoms with Crippen LogP contribution in [0.15, 0.2) is 0 Å². The zero-order valence-corrected chi connectivity index (χ0v) is 9.25. The molecule has 0 spiro atoms. The summed E-state index contributed by atoms with van der Waals surface area (Å²) in [5.41, 5.74) is 0.570. The van der Waals surface area contributed by atoms with Gasteiger partial charge >= 0.3 is 0 Å². The number of ether oxygens (including phenoxy) is 1. The molecule has 3 saturated carbocycles.